The lowest BCUT2D eigenvalue weighted by atomic mass is 9.88. The number of nitrogens with one attached hydrogen (secondary N) is 1. The monoisotopic (exact) mass is 207 g/mol. The van der Waals surface area contributed by atoms with Crippen molar-refractivity contribution in [1.82, 2.24) is 5.32 Å². The van der Waals surface area contributed by atoms with E-state index in [1.807, 2.05) is 0 Å². The number of hydrogen-bond donors (Lipinski definition) is 1. The van der Waals surface area contributed by atoms with E-state index in [2.05, 4.69) is 12.2 Å². The minimum absolute atomic E-state index is 0.734. The first-order valence-corrected chi connectivity index (χ1v) is 7.02. The Hall–Kier alpha value is -0.0400. The first-order valence-electron chi connectivity index (χ1n) is 7.02. The summed E-state index contributed by atoms with van der Waals surface area (Å²) in [6.45, 7) is 4.98. The van der Waals surface area contributed by atoms with Crippen LogP contribution in [0.3, 0.4) is 0 Å². The molecule has 15 heavy (non-hydrogen) atoms. The highest BCUT2D eigenvalue weighted by Crippen LogP contribution is 2.49. The summed E-state index contributed by atoms with van der Waals surface area (Å²) in [5.41, 5.74) is 0.734. The van der Waals surface area contributed by atoms with Gasteiger partial charge < -0.3 is 5.32 Å². The molecule has 0 heterocycles. The largest absolute Gasteiger partial charge is 0.316 e. The SMILES string of the molecule is CCC1(CNCC2CC3CCC2C3)CC1. The topological polar surface area (TPSA) is 12.0 Å². The molecule has 0 aromatic carbocycles. The molecule has 2 bridgehead atoms. The predicted molar refractivity (Wildman–Crippen MR) is 63.8 cm³/mol. The van der Waals surface area contributed by atoms with Crippen molar-refractivity contribution < 1.29 is 0 Å². The molecule has 3 aliphatic carbocycles. The van der Waals surface area contributed by atoms with E-state index in [4.69, 9.17) is 0 Å². The van der Waals surface area contributed by atoms with Gasteiger partial charge in [0.05, 0.1) is 0 Å². The molecule has 1 heteroatoms. The standard InChI is InChI=1S/C14H25N/c1-2-14(5-6-14)10-15-9-13-8-11-3-4-12(13)7-11/h11-13,15H,2-10H2,1H3. The van der Waals surface area contributed by atoms with Crippen LogP contribution in [0.15, 0.2) is 0 Å². The molecule has 0 aliphatic heterocycles. The van der Waals surface area contributed by atoms with E-state index in [0.29, 0.717) is 0 Å². The summed E-state index contributed by atoms with van der Waals surface area (Å²) < 4.78 is 0. The van der Waals surface area contributed by atoms with E-state index < -0.39 is 0 Å². The third-order valence-corrected chi connectivity index (χ3v) is 5.50. The maximum Gasteiger partial charge on any atom is 0.000783 e. The van der Waals surface area contributed by atoms with E-state index in [1.165, 1.54) is 45.2 Å². The van der Waals surface area contributed by atoms with Crippen molar-refractivity contribution in [2.45, 2.75) is 51.9 Å². The molecular weight excluding hydrogens is 182 g/mol. The summed E-state index contributed by atoms with van der Waals surface area (Å²) in [6, 6.07) is 0. The summed E-state index contributed by atoms with van der Waals surface area (Å²) in [5.74, 6) is 3.25. The summed E-state index contributed by atoms with van der Waals surface area (Å²) in [7, 11) is 0. The Morgan fingerprint density at radius 3 is 2.60 bits per heavy atom. The van der Waals surface area contributed by atoms with Crippen molar-refractivity contribution in [3.05, 3.63) is 0 Å². The van der Waals surface area contributed by atoms with E-state index >= 15 is 0 Å². The zero-order chi connectivity index (χ0) is 10.3. The van der Waals surface area contributed by atoms with Crippen LogP contribution >= 0.6 is 0 Å². The van der Waals surface area contributed by atoms with Gasteiger partial charge in [-0.1, -0.05) is 13.3 Å². The maximum absolute atomic E-state index is 3.77. The minimum atomic E-state index is 0.734. The molecule has 3 fully saturated rings. The molecule has 1 nitrogen and oxygen atoms in total. The Morgan fingerprint density at radius 2 is 2.07 bits per heavy atom. The number of rotatable bonds is 5. The Labute approximate surface area is 94.0 Å². The highest BCUT2D eigenvalue weighted by atomic mass is 14.9. The van der Waals surface area contributed by atoms with Gasteiger partial charge in [0.1, 0.15) is 0 Å². The molecule has 0 aromatic heterocycles. The molecular formula is C14H25N. The van der Waals surface area contributed by atoms with Gasteiger partial charge in [0.2, 0.25) is 0 Å². The lowest BCUT2D eigenvalue weighted by Gasteiger charge is -2.23. The van der Waals surface area contributed by atoms with Gasteiger partial charge >= 0.3 is 0 Å². The van der Waals surface area contributed by atoms with Crippen LogP contribution in [0.2, 0.25) is 0 Å². The van der Waals surface area contributed by atoms with Gasteiger partial charge in [0.15, 0.2) is 0 Å². The molecule has 0 radical (unpaired) electrons. The van der Waals surface area contributed by atoms with Gasteiger partial charge in [-0.05, 0) is 68.2 Å². The summed E-state index contributed by atoms with van der Waals surface area (Å²) in [4.78, 5) is 0. The Kier molecular flexibility index (Phi) is 2.54. The third-order valence-electron chi connectivity index (χ3n) is 5.50. The first-order chi connectivity index (χ1) is 7.31. The Morgan fingerprint density at radius 1 is 1.20 bits per heavy atom. The van der Waals surface area contributed by atoms with Gasteiger partial charge in [-0.15, -0.1) is 0 Å². The second kappa shape index (κ2) is 3.76. The zero-order valence-corrected chi connectivity index (χ0v) is 10.1. The Balaban J connectivity index is 1.40. The molecule has 3 aliphatic rings. The van der Waals surface area contributed by atoms with Crippen LogP contribution in [-0.4, -0.2) is 13.1 Å². The van der Waals surface area contributed by atoms with Crippen LogP contribution < -0.4 is 5.32 Å². The molecule has 0 aromatic rings. The second-order valence-corrected chi connectivity index (χ2v) is 6.42. The number of fused-ring (bicyclic) bond motifs is 2. The van der Waals surface area contributed by atoms with Crippen molar-refractivity contribution in [2.75, 3.05) is 13.1 Å². The normalized spacial score (nSPS) is 41.0. The van der Waals surface area contributed by atoms with E-state index in [9.17, 15) is 0 Å². The van der Waals surface area contributed by atoms with Crippen LogP contribution in [0.1, 0.15) is 51.9 Å². The minimum Gasteiger partial charge on any atom is -0.316 e. The van der Waals surface area contributed by atoms with Crippen LogP contribution in [0, 0.1) is 23.2 Å². The Bertz CT molecular complexity index is 231. The number of hydrogen-bond acceptors (Lipinski definition) is 1. The molecule has 0 saturated heterocycles. The maximum atomic E-state index is 3.77. The van der Waals surface area contributed by atoms with Crippen molar-refractivity contribution in [1.29, 1.82) is 0 Å². The fourth-order valence-electron chi connectivity index (χ4n) is 3.98. The third kappa shape index (κ3) is 1.95. The van der Waals surface area contributed by atoms with Crippen LogP contribution in [0.4, 0.5) is 0 Å². The molecule has 3 saturated carbocycles. The fourth-order valence-corrected chi connectivity index (χ4v) is 3.98. The summed E-state index contributed by atoms with van der Waals surface area (Å²) >= 11 is 0. The fraction of sp³-hybridized carbons (Fsp3) is 1.00. The molecule has 1 N–H and O–H groups in total. The van der Waals surface area contributed by atoms with Crippen molar-refractivity contribution in [3.8, 4) is 0 Å². The van der Waals surface area contributed by atoms with Gasteiger partial charge in [0, 0.05) is 6.54 Å². The summed E-state index contributed by atoms with van der Waals surface area (Å²) in [5, 5.41) is 3.77. The first kappa shape index (κ1) is 10.1. The van der Waals surface area contributed by atoms with Gasteiger partial charge in [-0.25, -0.2) is 0 Å². The average Bonchev–Trinajstić information content (AvgIpc) is 2.73. The second-order valence-electron chi connectivity index (χ2n) is 6.42. The van der Waals surface area contributed by atoms with Crippen molar-refractivity contribution in [2.24, 2.45) is 23.2 Å². The zero-order valence-electron chi connectivity index (χ0n) is 10.1. The quantitative estimate of drug-likeness (QED) is 0.730. The summed E-state index contributed by atoms with van der Waals surface area (Å²) in [6.07, 6.45) is 10.5. The molecule has 0 spiro atoms. The lowest BCUT2D eigenvalue weighted by molar-refractivity contribution is 0.306. The van der Waals surface area contributed by atoms with Gasteiger partial charge in [-0.3, -0.25) is 0 Å². The van der Waals surface area contributed by atoms with Crippen molar-refractivity contribution in [3.63, 3.8) is 0 Å². The van der Waals surface area contributed by atoms with Crippen LogP contribution in [-0.2, 0) is 0 Å². The highest BCUT2D eigenvalue weighted by Gasteiger charge is 2.42. The highest BCUT2D eigenvalue weighted by molar-refractivity contribution is 4.95. The van der Waals surface area contributed by atoms with Gasteiger partial charge in [-0.2, -0.15) is 0 Å². The van der Waals surface area contributed by atoms with E-state index in [1.54, 1.807) is 12.8 Å². The van der Waals surface area contributed by atoms with Crippen molar-refractivity contribution >= 4 is 0 Å². The molecule has 0 amide bonds. The van der Waals surface area contributed by atoms with E-state index in [0.717, 1.165) is 23.2 Å². The van der Waals surface area contributed by atoms with Crippen LogP contribution in [0.5, 0.6) is 0 Å². The van der Waals surface area contributed by atoms with E-state index in [-0.39, 0.29) is 0 Å². The molecule has 86 valence electrons. The lowest BCUT2D eigenvalue weighted by Crippen LogP contribution is -2.31. The predicted octanol–water partition coefficient (Wildman–Crippen LogP) is 3.20. The smallest absolute Gasteiger partial charge is 0.000783 e. The van der Waals surface area contributed by atoms with Gasteiger partial charge in [0.25, 0.3) is 0 Å². The van der Waals surface area contributed by atoms with Crippen LogP contribution in [0.25, 0.3) is 0 Å². The average molecular weight is 207 g/mol. The molecule has 3 unspecified atom stereocenters. The molecule has 3 atom stereocenters. The molecule has 3 rings (SSSR count).